The van der Waals surface area contributed by atoms with Crippen molar-refractivity contribution in [3.8, 4) is 5.75 Å². The second kappa shape index (κ2) is 8.86. The molecule has 7 rings (SSSR count). The molecule has 10 nitrogen and oxygen atoms in total. The maximum atomic E-state index is 13.0. The van der Waals surface area contributed by atoms with Gasteiger partial charge in [0.05, 0.1) is 16.8 Å². The van der Waals surface area contributed by atoms with Crippen molar-refractivity contribution in [1.29, 1.82) is 0 Å². The summed E-state index contributed by atoms with van der Waals surface area (Å²) in [5.74, 6) is 1.74. The highest BCUT2D eigenvalue weighted by molar-refractivity contribution is 6.10. The molecular formula is C27H30N6O4. The molecule has 1 aromatic carbocycles. The summed E-state index contributed by atoms with van der Waals surface area (Å²) >= 11 is 0. The number of fused-ring (bicyclic) bond motifs is 4. The minimum Gasteiger partial charge on any atom is -0.482 e. The van der Waals surface area contributed by atoms with E-state index in [-0.39, 0.29) is 30.7 Å². The summed E-state index contributed by atoms with van der Waals surface area (Å²) in [4.78, 5) is 49.0. The zero-order valence-corrected chi connectivity index (χ0v) is 20.9. The molecule has 3 amide bonds. The normalized spacial score (nSPS) is 23.3. The molecule has 3 saturated carbocycles. The number of hydrogen-bond acceptors (Lipinski definition) is 6. The number of H-pyrrole nitrogens is 1. The van der Waals surface area contributed by atoms with Gasteiger partial charge >= 0.3 is 0 Å². The Morgan fingerprint density at radius 2 is 2.03 bits per heavy atom. The summed E-state index contributed by atoms with van der Waals surface area (Å²) in [7, 11) is 0. The molecule has 1 unspecified atom stereocenters. The van der Waals surface area contributed by atoms with Gasteiger partial charge in [0.15, 0.2) is 12.3 Å². The first-order valence-electron chi connectivity index (χ1n) is 12.8. The van der Waals surface area contributed by atoms with Gasteiger partial charge in [-0.3, -0.25) is 14.4 Å². The fourth-order valence-corrected chi connectivity index (χ4v) is 6.32. The summed E-state index contributed by atoms with van der Waals surface area (Å²) in [6.45, 7) is 5.56. The largest absolute Gasteiger partial charge is 0.482 e. The van der Waals surface area contributed by atoms with Crippen LogP contribution in [0, 0.1) is 23.2 Å². The highest BCUT2D eigenvalue weighted by atomic mass is 16.5. The molecule has 3 atom stereocenters. The number of aromatic amines is 1. The van der Waals surface area contributed by atoms with Crippen molar-refractivity contribution in [3.05, 3.63) is 47.5 Å². The summed E-state index contributed by atoms with van der Waals surface area (Å²) in [5.41, 5.74) is 3.12. The first kappa shape index (κ1) is 23.4. The van der Waals surface area contributed by atoms with Gasteiger partial charge in [-0.05, 0) is 60.1 Å². The molecule has 3 fully saturated rings. The second-order valence-electron chi connectivity index (χ2n) is 10.9. The Morgan fingerprint density at radius 1 is 1.16 bits per heavy atom. The highest BCUT2D eigenvalue weighted by Gasteiger charge is 2.53. The number of carbonyl (C=O) groups is 3. The van der Waals surface area contributed by atoms with E-state index in [4.69, 9.17) is 4.74 Å². The lowest BCUT2D eigenvalue weighted by Gasteiger charge is -2.60. The van der Waals surface area contributed by atoms with Crippen molar-refractivity contribution in [1.82, 2.24) is 25.6 Å². The Bertz CT molecular complexity index is 1410. The molecule has 0 spiro atoms. The zero-order valence-electron chi connectivity index (χ0n) is 20.9. The number of aromatic nitrogens is 3. The van der Waals surface area contributed by atoms with Gasteiger partial charge in [0, 0.05) is 19.3 Å². The van der Waals surface area contributed by atoms with Crippen LogP contribution in [-0.4, -0.2) is 45.8 Å². The standard InChI is InChI=1S/C27H30N6O4/c1-27(2)16-5-4-15(18(27)8-16)10-30-25(35)17-11-28-23-22(17)31-13-32-24(23)26(36)29-9-14-3-6-20-19(7-14)33-21(34)12-37-20/h3,6-7,11,13,15-16,18,28H,4-5,8-10,12H2,1-2H3,(H,29,36)(H,30,35)(H,33,34)/t15?,16-,18-/m0/s1. The van der Waals surface area contributed by atoms with E-state index >= 15 is 0 Å². The van der Waals surface area contributed by atoms with Crippen molar-refractivity contribution in [2.45, 2.75) is 39.7 Å². The van der Waals surface area contributed by atoms with Crippen LogP contribution in [0.5, 0.6) is 5.75 Å². The van der Waals surface area contributed by atoms with E-state index in [9.17, 15) is 14.4 Å². The molecule has 0 saturated heterocycles. The number of anilines is 1. The van der Waals surface area contributed by atoms with Gasteiger partial charge in [-0.25, -0.2) is 9.97 Å². The molecule has 1 aliphatic heterocycles. The Hall–Kier alpha value is -3.95. The maximum absolute atomic E-state index is 13.0. The quantitative estimate of drug-likeness (QED) is 0.409. The average Bonchev–Trinajstić information content (AvgIpc) is 3.34. The summed E-state index contributed by atoms with van der Waals surface area (Å²) in [6.07, 6.45) is 6.54. The van der Waals surface area contributed by atoms with E-state index < -0.39 is 5.91 Å². The van der Waals surface area contributed by atoms with Crippen LogP contribution < -0.4 is 20.7 Å². The molecule has 0 radical (unpaired) electrons. The number of nitrogens with one attached hydrogen (secondary N) is 4. The number of rotatable bonds is 6. The Morgan fingerprint density at radius 3 is 2.84 bits per heavy atom. The number of hydrogen-bond donors (Lipinski definition) is 4. The first-order chi connectivity index (χ1) is 17.8. The highest BCUT2D eigenvalue weighted by Crippen LogP contribution is 2.61. The smallest absolute Gasteiger partial charge is 0.272 e. The third-order valence-electron chi connectivity index (χ3n) is 8.58. The molecular weight excluding hydrogens is 472 g/mol. The monoisotopic (exact) mass is 502 g/mol. The van der Waals surface area contributed by atoms with Crippen LogP contribution in [0.3, 0.4) is 0 Å². The van der Waals surface area contributed by atoms with Crippen LogP contribution in [0.25, 0.3) is 11.0 Å². The van der Waals surface area contributed by atoms with Crippen molar-refractivity contribution >= 4 is 34.4 Å². The number of benzene rings is 1. The minimum absolute atomic E-state index is 0.0113. The minimum atomic E-state index is -0.400. The number of amides is 3. The van der Waals surface area contributed by atoms with E-state index in [2.05, 4.69) is 44.7 Å². The Labute approximate surface area is 214 Å². The molecule has 192 valence electrons. The van der Waals surface area contributed by atoms with Crippen LogP contribution in [-0.2, 0) is 11.3 Å². The van der Waals surface area contributed by atoms with Crippen molar-refractivity contribution < 1.29 is 19.1 Å². The fraction of sp³-hybridized carbons (Fsp3) is 0.444. The fourth-order valence-electron chi connectivity index (χ4n) is 6.32. The van der Waals surface area contributed by atoms with Gasteiger partial charge in [0.1, 0.15) is 17.6 Å². The summed E-state index contributed by atoms with van der Waals surface area (Å²) < 4.78 is 5.37. The number of carbonyl (C=O) groups excluding carboxylic acids is 3. The lowest BCUT2D eigenvalue weighted by atomic mass is 9.45. The van der Waals surface area contributed by atoms with Crippen LogP contribution >= 0.6 is 0 Å². The molecule has 3 heterocycles. The summed E-state index contributed by atoms with van der Waals surface area (Å²) in [6, 6.07) is 5.34. The van der Waals surface area contributed by atoms with E-state index in [1.807, 2.05) is 6.07 Å². The molecule has 4 aliphatic rings. The van der Waals surface area contributed by atoms with Gasteiger partial charge in [-0.15, -0.1) is 0 Å². The van der Waals surface area contributed by atoms with Gasteiger partial charge < -0.3 is 25.7 Å². The van der Waals surface area contributed by atoms with E-state index in [1.165, 1.54) is 19.2 Å². The first-order valence-corrected chi connectivity index (χ1v) is 12.8. The predicted molar refractivity (Wildman–Crippen MR) is 136 cm³/mol. The Kier molecular flexibility index (Phi) is 5.62. The SMILES string of the molecule is CC1(C)[C@H]2CCC(CNC(=O)c3c[nH]c4c(C(=O)NCc5ccc6c(c5)NC(=O)CO6)ncnc34)[C@@H]1C2. The zero-order chi connectivity index (χ0) is 25.7. The van der Waals surface area contributed by atoms with Crippen LogP contribution in [0.1, 0.15) is 59.5 Å². The van der Waals surface area contributed by atoms with E-state index in [0.29, 0.717) is 51.8 Å². The lowest BCUT2D eigenvalue weighted by molar-refractivity contribution is -0.118. The lowest BCUT2D eigenvalue weighted by Crippen LogP contribution is -2.54. The second-order valence-corrected chi connectivity index (χ2v) is 10.9. The topological polar surface area (TPSA) is 138 Å². The van der Waals surface area contributed by atoms with Gasteiger partial charge in [-0.1, -0.05) is 19.9 Å². The number of ether oxygens (including phenoxy) is 1. The number of nitrogens with zero attached hydrogens (tertiary/aromatic N) is 2. The molecule has 10 heteroatoms. The molecule has 2 bridgehead atoms. The van der Waals surface area contributed by atoms with E-state index in [1.54, 1.807) is 18.3 Å². The van der Waals surface area contributed by atoms with Crippen LogP contribution in [0.2, 0.25) is 0 Å². The molecule has 3 aromatic rings. The van der Waals surface area contributed by atoms with Gasteiger partial charge in [0.25, 0.3) is 17.7 Å². The van der Waals surface area contributed by atoms with Crippen molar-refractivity contribution in [2.24, 2.45) is 23.2 Å². The average molecular weight is 503 g/mol. The van der Waals surface area contributed by atoms with Crippen molar-refractivity contribution in [3.63, 3.8) is 0 Å². The molecule has 4 N–H and O–H groups in total. The molecule has 2 aromatic heterocycles. The van der Waals surface area contributed by atoms with Crippen molar-refractivity contribution in [2.75, 3.05) is 18.5 Å². The maximum Gasteiger partial charge on any atom is 0.272 e. The third kappa shape index (κ3) is 4.10. The predicted octanol–water partition coefficient (Wildman–Crippen LogP) is 3.02. The van der Waals surface area contributed by atoms with Gasteiger partial charge in [0.2, 0.25) is 0 Å². The van der Waals surface area contributed by atoms with E-state index in [0.717, 1.165) is 17.9 Å². The molecule has 37 heavy (non-hydrogen) atoms. The Balaban J connectivity index is 1.12. The van der Waals surface area contributed by atoms with Crippen LogP contribution in [0.4, 0.5) is 5.69 Å². The summed E-state index contributed by atoms with van der Waals surface area (Å²) in [5, 5.41) is 8.71. The van der Waals surface area contributed by atoms with Crippen LogP contribution in [0.15, 0.2) is 30.7 Å². The molecule has 3 aliphatic carbocycles. The third-order valence-corrected chi connectivity index (χ3v) is 8.58. The van der Waals surface area contributed by atoms with Gasteiger partial charge in [-0.2, -0.15) is 0 Å².